The third kappa shape index (κ3) is 7.63. The molecule has 1 aliphatic heterocycles. The fourth-order valence-electron chi connectivity index (χ4n) is 5.22. The molecule has 11 nitrogen and oxygen atoms in total. The van der Waals surface area contributed by atoms with Gasteiger partial charge in [-0.15, -0.1) is 0 Å². The van der Waals surface area contributed by atoms with Crippen molar-refractivity contribution in [1.82, 2.24) is 20.2 Å². The molecule has 1 saturated carbocycles. The number of benzene rings is 1. The summed E-state index contributed by atoms with van der Waals surface area (Å²) in [5.74, 6) is -0.462. The van der Waals surface area contributed by atoms with E-state index < -0.39 is 5.82 Å². The lowest BCUT2D eigenvalue weighted by Crippen LogP contribution is -2.48. The Labute approximate surface area is 242 Å². The number of piperidine rings is 1. The first-order valence-corrected chi connectivity index (χ1v) is 14.0. The monoisotopic (exact) mass is 593 g/mol. The molecule has 4 rings (SSSR count). The number of nitrogens with zero attached hydrogens (tertiary/aromatic N) is 4. The van der Waals surface area contributed by atoms with Crippen molar-refractivity contribution in [3.8, 4) is 0 Å². The summed E-state index contributed by atoms with van der Waals surface area (Å²) in [6.45, 7) is 1.22. The molecule has 2 fully saturated rings. The van der Waals surface area contributed by atoms with E-state index in [1.54, 1.807) is 18.1 Å². The predicted octanol–water partition coefficient (Wildman–Crippen LogP) is 4.03. The molecule has 0 spiro atoms. The normalized spacial score (nSPS) is 21.6. The number of amides is 3. The van der Waals surface area contributed by atoms with Crippen LogP contribution in [0.2, 0.25) is 10.0 Å². The molecule has 7 N–H and O–H groups in total. The summed E-state index contributed by atoms with van der Waals surface area (Å²) < 4.78 is 14.4. The van der Waals surface area contributed by atoms with E-state index in [9.17, 15) is 14.0 Å². The zero-order chi connectivity index (χ0) is 28.8. The molecule has 2 aromatic rings. The summed E-state index contributed by atoms with van der Waals surface area (Å²) in [4.78, 5) is 38.8. The third-order valence-corrected chi connectivity index (χ3v) is 7.84. The van der Waals surface area contributed by atoms with E-state index in [0.717, 1.165) is 44.6 Å². The van der Waals surface area contributed by atoms with Crippen molar-refractivity contribution in [2.24, 2.45) is 28.3 Å². The van der Waals surface area contributed by atoms with Crippen molar-refractivity contribution in [3.05, 3.63) is 39.9 Å². The van der Waals surface area contributed by atoms with Gasteiger partial charge in [0.15, 0.2) is 11.8 Å². The second-order valence-electron chi connectivity index (χ2n) is 10.2. The van der Waals surface area contributed by atoms with Gasteiger partial charge in [0.2, 0.25) is 11.9 Å². The average Bonchev–Trinajstić information content (AvgIpc) is 2.92. The van der Waals surface area contributed by atoms with Crippen LogP contribution in [0.3, 0.4) is 0 Å². The van der Waals surface area contributed by atoms with Crippen LogP contribution in [0.25, 0.3) is 0 Å². The number of aliphatic imine (C=N–C) groups is 1. The molecule has 0 unspecified atom stereocenters. The highest BCUT2D eigenvalue weighted by Crippen LogP contribution is 2.33. The molecule has 2 aliphatic rings. The number of guanidine groups is 1. The van der Waals surface area contributed by atoms with Gasteiger partial charge >= 0.3 is 6.03 Å². The number of hydrogen-bond donors (Lipinski definition) is 5. The summed E-state index contributed by atoms with van der Waals surface area (Å²) >= 11 is 12.0. The van der Waals surface area contributed by atoms with Crippen molar-refractivity contribution in [2.75, 3.05) is 30.8 Å². The van der Waals surface area contributed by atoms with Gasteiger partial charge in [0.25, 0.3) is 0 Å². The smallest absolute Gasteiger partial charge is 0.317 e. The topological polar surface area (TPSA) is 164 Å². The predicted molar refractivity (Wildman–Crippen MR) is 154 cm³/mol. The molecule has 1 aliphatic carbocycles. The lowest BCUT2D eigenvalue weighted by atomic mass is 9.79. The summed E-state index contributed by atoms with van der Waals surface area (Å²) in [6.07, 6.45) is 7.05. The first kappa shape index (κ1) is 29.6. The van der Waals surface area contributed by atoms with Gasteiger partial charge in [-0.3, -0.25) is 4.79 Å². The molecule has 14 heteroatoms. The van der Waals surface area contributed by atoms with Crippen molar-refractivity contribution < 1.29 is 14.0 Å². The van der Waals surface area contributed by atoms with Crippen molar-refractivity contribution in [1.29, 1.82) is 0 Å². The zero-order valence-electron chi connectivity index (χ0n) is 22.2. The Bertz CT molecular complexity index is 1250. The minimum atomic E-state index is -0.706. The van der Waals surface area contributed by atoms with E-state index in [4.69, 9.17) is 39.7 Å². The maximum Gasteiger partial charge on any atom is 0.317 e. The molecular weight excluding hydrogens is 560 g/mol. The second kappa shape index (κ2) is 13.3. The number of halogens is 3. The van der Waals surface area contributed by atoms with Crippen molar-refractivity contribution in [2.45, 2.75) is 51.0 Å². The van der Waals surface area contributed by atoms with E-state index in [1.165, 1.54) is 6.07 Å². The van der Waals surface area contributed by atoms with E-state index in [-0.39, 0.29) is 51.5 Å². The highest BCUT2D eigenvalue weighted by Gasteiger charge is 2.27. The Morgan fingerprint density at radius 3 is 2.60 bits per heavy atom. The van der Waals surface area contributed by atoms with Gasteiger partial charge in [0.1, 0.15) is 5.69 Å². The standard InChI is InChI=1S/C26H34Cl2FN9O2/c1-32-26(40)38-8-2-3-17(13-38)34-25-33-12-21(20(36-25)9-14-4-6-15(7-5-14)23(30)39)35-24(31)37-22-18(28)10-16(27)11-19(22)29/h10-12,14-15,17H,2-9,13H2,1H3,(H2,30,39)(H,32,40)(H3,31,35,37)(H,33,34,36)/t14?,15?,17-/m1/s1. The third-order valence-electron chi connectivity index (χ3n) is 7.33. The van der Waals surface area contributed by atoms with Gasteiger partial charge in [0.05, 0.1) is 22.6 Å². The fraction of sp³-hybridized carbons (Fsp3) is 0.500. The van der Waals surface area contributed by atoms with Crippen LogP contribution in [-0.2, 0) is 11.2 Å². The van der Waals surface area contributed by atoms with Crippen LogP contribution in [0.5, 0.6) is 0 Å². The molecule has 0 bridgehead atoms. The van der Waals surface area contributed by atoms with Crippen LogP contribution >= 0.6 is 23.2 Å². The summed E-state index contributed by atoms with van der Waals surface area (Å²) in [5.41, 5.74) is 12.7. The Balaban J connectivity index is 1.55. The number of rotatable bonds is 7. The van der Waals surface area contributed by atoms with Crippen LogP contribution in [0.4, 0.5) is 26.5 Å². The minimum Gasteiger partial charge on any atom is -0.369 e. The van der Waals surface area contributed by atoms with Crippen LogP contribution in [-0.4, -0.2) is 58.9 Å². The zero-order valence-corrected chi connectivity index (χ0v) is 23.7. The number of urea groups is 1. The Hall–Kier alpha value is -3.38. The number of likely N-dealkylation sites (tertiary alicyclic amines) is 1. The summed E-state index contributed by atoms with van der Waals surface area (Å²) in [7, 11) is 1.61. The number of nitrogens with two attached hydrogens (primary N) is 2. The van der Waals surface area contributed by atoms with Gasteiger partial charge in [-0.25, -0.2) is 24.1 Å². The molecule has 40 heavy (non-hydrogen) atoms. The Morgan fingerprint density at radius 1 is 1.18 bits per heavy atom. The number of primary amides is 1. The first-order valence-electron chi connectivity index (χ1n) is 13.3. The molecule has 1 aromatic carbocycles. The molecule has 1 atom stereocenters. The molecule has 216 valence electrons. The second-order valence-corrected chi connectivity index (χ2v) is 11.0. The SMILES string of the molecule is CNC(=O)N1CCC[C@@H](Nc2ncc(NC(N)=Nc3c(F)cc(Cl)cc3Cl)c(CC3CCC(C(N)=O)CC3)n2)C1. The molecule has 2 heterocycles. The first-order chi connectivity index (χ1) is 19.1. The number of nitrogens with one attached hydrogen (secondary N) is 3. The van der Waals surface area contributed by atoms with E-state index in [0.29, 0.717) is 36.8 Å². The molecule has 1 aromatic heterocycles. The lowest BCUT2D eigenvalue weighted by Gasteiger charge is -2.33. The van der Waals surface area contributed by atoms with E-state index in [2.05, 4.69) is 25.9 Å². The maximum atomic E-state index is 14.4. The summed E-state index contributed by atoms with van der Waals surface area (Å²) in [5, 5.41) is 9.18. The maximum absolute atomic E-state index is 14.4. The van der Waals surface area contributed by atoms with Crippen LogP contribution < -0.4 is 27.4 Å². The molecular formula is C26H34Cl2FN9O2. The highest BCUT2D eigenvalue weighted by atomic mass is 35.5. The van der Waals surface area contributed by atoms with Crippen LogP contribution in [0.15, 0.2) is 23.3 Å². The minimum absolute atomic E-state index is 0.00892. The van der Waals surface area contributed by atoms with Crippen molar-refractivity contribution in [3.63, 3.8) is 0 Å². The van der Waals surface area contributed by atoms with Crippen molar-refractivity contribution >= 4 is 58.4 Å². The number of carbonyl (C=O) groups is 2. The van der Waals surface area contributed by atoms with Crippen LogP contribution in [0.1, 0.15) is 44.2 Å². The molecule has 3 amide bonds. The molecule has 0 radical (unpaired) electrons. The van der Waals surface area contributed by atoms with Gasteiger partial charge in [-0.1, -0.05) is 23.2 Å². The van der Waals surface area contributed by atoms with Gasteiger partial charge in [0, 0.05) is 37.1 Å². The van der Waals surface area contributed by atoms with E-state index >= 15 is 0 Å². The number of anilines is 2. The number of hydrogen-bond acceptors (Lipinski definition) is 6. The Morgan fingerprint density at radius 2 is 1.93 bits per heavy atom. The quantitative estimate of drug-likeness (QED) is 0.239. The number of aromatic nitrogens is 2. The number of carbonyl (C=O) groups excluding carboxylic acids is 2. The van der Waals surface area contributed by atoms with Crippen LogP contribution in [0, 0.1) is 17.7 Å². The average molecular weight is 595 g/mol. The Kier molecular flexibility index (Phi) is 9.85. The molecule has 1 saturated heterocycles. The highest BCUT2D eigenvalue weighted by molar-refractivity contribution is 6.36. The van der Waals surface area contributed by atoms with Gasteiger partial charge in [-0.05, 0) is 63.0 Å². The fourth-order valence-corrected chi connectivity index (χ4v) is 5.73. The van der Waals surface area contributed by atoms with Gasteiger partial charge < -0.3 is 32.3 Å². The summed E-state index contributed by atoms with van der Waals surface area (Å²) in [6, 6.07) is 2.36. The lowest BCUT2D eigenvalue weighted by molar-refractivity contribution is -0.122. The van der Waals surface area contributed by atoms with Gasteiger partial charge in [-0.2, -0.15) is 0 Å². The van der Waals surface area contributed by atoms with E-state index in [1.807, 2.05) is 0 Å². The largest absolute Gasteiger partial charge is 0.369 e.